The van der Waals surface area contributed by atoms with Gasteiger partial charge in [-0.05, 0) is 52.6 Å². The summed E-state index contributed by atoms with van der Waals surface area (Å²) in [5, 5.41) is 6.49. The quantitative estimate of drug-likeness (QED) is 0.543. The van der Waals surface area contributed by atoms with Crippen molar-refractivity contribution in [3.8, 4) is 5.75 Å². The van der Waals surface area contributed by atoms with Crippen LogP contribution in [0.5, 0.6) is 5.75 Å². The van der Waals surface area contributed by atoms with Gasteiger partial charge in [0, 0.05) is 18.6 Å². The molecule has 0 aliphatic rings. The number of benzene rings is 1. The third kappa shape index (κ3) is 8.42. The lowest BCUT2D eigenvalue weighted by Crippen LogP contribution is -2.50. The standard InChI is InChI=1S/C18H29F3N4O/c1-6-22-16(24-12-17(2,3)25(4)5)23-11-14-7-9-15(10-8-14)26-13-18(19,20)21/h7-10H,6,11-13H2,1-5H3,(H2,22,23,24). The van der Waals surface area contributed by atoms with Crippen LogP contribution in [0, 0.1) is 0 Å². The summed E-state index contributed by atoms with van der Waals surface area (Å²) in [6.45, 7) is 6.82. The Kier molecular flexibility index (Phi) is 8.20. The largest absolute Gasteiger partial charge is 0.484 e. The van der Waals surface area contributed by atoms with Crippen LogP contribution in [-0.2, 0) is 6.54 Å². The zero-order chi connectivity index (χ0) is 19.8. The van der Waals surface area contributed by atoms with Gasteiger partial charge in [-0.2, -0.15) is 13.2 Å². The molecule has 0 aliphatic heterocycles. The molecule has 2 N–H and O–H groups in total. The molecule has 1 aromatic rings. The molecule has 0 bridgehead atoms. The van der Waals surface area contributed by atoms with Gasteiger partial charge in [0.05, 0.1) is 6.54 Å². The van der Waals surface area contributed by atoms with Crippen LogP contribution in [0.25, 0.3) is 0 Å². The van der Waals surface area contributed by atoms with Crippen molar-refractivity contribution in [1.82, 2.24) is 15.5 Å². The number of guanidine groups is 1. The molecule has 0 unspecified atom stereocenters. The maximum absolute atomic E-state index is 12.1. The highest BCUT2D eigenvalue weighted by molar-refractivity contribution is 5.79. The van der Waals surface area contributed by atoms with Crippen LogP contribution in [0.2, 0.25) is 0 Å². The first-order valence-corrected chi connectivity index (χ1v) is 8.51. The van der Waals surface area contributed by atoms with Gasteiger partial charge in [-0.1, -0.05) is 12.1 Å². The van der Waals surface area contributed by atoms with E-state index in [1.807, 2.05) is 21.0 Å². The zero-order valence-electron chi connectivity index (χ0n) is 16.1. The molecule has 0 atom stereocenters. The van der Waals surface area contributed by atoms with Crippen molar-refractivity contribution >= 4 is 5.96 Å². The number of hydrogen-bond donors (Lipinski definition) is 2. The molecule has 0 fully saturated rings. The molecule has 0 aliphatic carbocycles. The van der Waals surface area contributed by atoms with Crippen molar-refractivity contribution < 1.29 is 17.9 Å². The Balaban J connectivity index is 2.63. The molecule has 8 heteroatoms. The minimum atomic E-state index is -4.34. The Hall–Kier alpha value is -1.96. The third-order valence-electron chi connectivity index (χ3n) is 3.99. The van der Waals surface area contributed by atoms with Gasteiger partial charge < -0.3 is 20.3 Å². The first-order valence-electron chi connectivity index (χ1n) is 8.51. The smallest absolute Gasteiger partial charge is 0.422 e. The van der Waals surface area contributed by atoms with Crippen LogP contribution in [0.15, 0.2) is 29.3 Å². The number of alkyl halides is 3. The highest BCUT2D eigenvalue weighted by Gasteiger charge is 2.28. The predicted molar refractivity (Wildman–Crippen MR) is 98.6 cm³/mol. The van der Waals surface area contributed by atoms with Crippen molar-refractivity contribution in [3.05, 3.63) is 29.8 Å². The van der Waals surface area contributed by atoms with E-state index >= 15 is 0 Å². The SMILES string of the molecule is CCNC(=NCc1ccc(OCC(F)(F)F)cc1)NCC(C)(C)N(C)C. The maximum atomic E-state index is 12.1. The van der Waals surface area contributed by atoms with Gasteiger partial charge in [-0.15, -0.1) is 0 Å². The Morgan fingerprint density at radius 3 is 2.23 bits per heavy atom. The topological polar surface area (TPSA) is 48.9 Å². The van der Waals surface area contributed by atoms with E-state index < -0.39 is 12.8 Å². The van der Waals surface area contributed by atoms with Crippen LogP contribution in [0.4, 0.5) is 13.2 Å². The first kappa shape index (κ1) is 22.1. The fourth-order valence-corrected chi connectivity index (χ4v) is 1.83. The van der Waals surface area contributed by atoms with E-state index in [0.717, 1.165) is 18.7 Å². The number of ether oxygens (including phenoxy) is 1. The highest BCUT2D eigenvalue weighted by atomic mass is 19.4. The van der Waals surface area contributed by atoms with Gasteiger partial charge in [0.15, 0.2) is 12.6 Å². The summed E-state index contributed by atoms with van der Waals surface area (Å²) in [7, 11) is 4.04. The minimum Gasteiger partial charge on any atom is -0.484 e. The average Bonchev–Trinajstić information content (AvgIpc) is 2.55. The summed E-state index contributed by atoms with van der Waals surface area (Å²) in [4.78, 5) is 6.64. The first-order chi connectivity index (χ1) is 12.0. The average molecular weight is 374 g/mol. The van der Waals surface area contributed by atoms with Gasteiger partial charge in [-0.3, -0.25) is 0 Å². The highest BCUT2D eigenvalue weighted by Crippen LogP contribution is 2.19. The number of likely N-dealkylation sites (N-methyl/N-ethyl adjacent to an activating group) is 1. The molecule has 5 nitrogen and oxygen atoms in total. The maximum Gasteiger partial charge on any atom is 0.422 e. The second kappa shape index (κ2) is 9.66. The lowest BCUT2D eigenvalue weighted by atomic mass is 10.0. The van der Waals surface area contributed by atoms with Crippen LogP contribution in [0.3, 0.4) is 0 Å². The molecule has 0 amide bonds. The lowest BCUT2D eigenvalue weighted by molar-refractivity contribution is -0.153. The molecule has 0 radical (unpaired) electrons. The second-order valence-corrected chi connectivity index (χ2v) is 6.80. The van der Waals surface area contributed by atoms with Crippen LogP contribution in [-0.4, -0.2) is 56.4 Å². The summed E-state index contributed by atoms with van der Waals surface area (Å²) in [6.07, 6.45) is -4.34. The fraction of sp³-hybridized carbons (Fsp3) is 0.611. The van der Waals surface area contributed by atoms with Gasteiger partial charge in [-0.25, -0.2) is 4.99 Å². The Morgan fingerprint density at radius 1 is 1.12 bits per heavy atom. The van der Waals surface area contributed by atoms with E-state index in [2.05, 4.69) is 34.4 Å². The molecule has 148 valence electrons. The minimum absolute atomic E-state index is 0.0341. The second-order valence-electron chi connectivity index (χ2n) is 6.80. The summed E-state index contributed by atoms with van der Waals surface area (Å²) >= 11 is 0. The van der Waals surface area contributed by atoms with E-state index in [-0.39, 0.29) is 11.3 Å². The van der Waals surface area contributed by atoms with Gasteiger partial charge in [0.1, 0.15) is 5.75 Å². The van der Waals surface area contributed by atoms with Gasteiger partial charge >= 0.3 is 6.18 Å². The van der Waals surface area contributed by atoms with Crippen molar-refractivity contribution in [2.45, 2.75) is 39.0 Å². The number of hydrogen-bond acceptors (Lipinski definition) is 3. The molecule has 26 heavy (non-hydrogen) atoms. The summed E-state index contributed by atoms with van der Waals surface area (Å²) in [6, 6.07) is 6.46. The van der Waals surface area contributed by atoms with Crippen LogP contribution in [0.1, 0.15) is 26.3 Å². The number of nitrogens with zero attached hydrogens (tertiary/aromatic N) is 2. The molecule has 0 saturated carbocycles. The number of nitrogens with one attached hydrogen (secondary N) is 2. The van der Waals surface area contributed by atoms with Gasteiger partial charge in [0.2, 0.25) is 0 Å². The van der Waals surface area contributed by atoms with E-state index in [1.54, 1.807) is 12.1 Å². The fourth-order valence-electron chi connectivity index (χ4n) is 1.83. The van der Waals surface area contributed by atoms with E-state index in [4.69, 9.17) is 4.74 Å². The molecule has 0 saturated heterocycles. The van der Waals surface area contributed by atoms with Crippen molar-refractivity contribution in [2.24, 2.45) is 4.99 Å². The van der Waals surface area contributed by atoms with Crippen LogP contribution < -0.4 is 15.4 Å². The zero-order valence-corrected chi connectivity index (χ0v) is 16.1. The Labute approximate surface area is 153 Å². The Bertz CT molecular complexity index is 569. The molecular formula is C18H29F3N4O. The monoisotopic (exact) mass is 374 g/mol. The number of aliphatic imine (C=N–C) groups is 1. The van der Waals surface area contributed by atoms with E-state index in [9.17, 15) is 13.2 Å². The molecule has 0 heterocycles. The third-order valence-corrected chi connectivity index (χ3v) is 3.99. The van der Waals surface area contributed by atoms with Crippen molar-refractivity contribution in [1.29, 1.82) is 0 Å². The Morgan fingerprint density at radius 2 is 1.73 bits per heavy atom. The number of rotatable bonds is 8. The van der Waals surface area contributed by atoms with Gasteiger partial charge in [0.25, 0.3) is 0 Å². The summed E-state index contributed by atoms with van der Waals surface area (Å²) in [5.74, 6) is 0.882. The predicted octanol–water partition coefficient (Wildman–Crippen LogP) is 3.02. The van der Waals surface area contributed by atoms with Crippen molar-refractivity contribution in [2.75, 3.05) is 33.8 Å². The van der Waals surface area contributed by atoms with Crippen LogP contribution >= 0.6 is 0 Å². The van der Waals surface area contributed by atoms with E-state index in [0.29, 0.717) is 12.5 Å². The summed E-state index contributed by atoms with van der Waals surface area (Å²) in [5.41, 5.74) is 0.849. The normalized spacial score (nSPS) is 13.0. The molecule has 1 aromatic carbocycles. The summed E-state index contributed by atoms with van der Waals surface area (Å²) < 4.78 is 41.1. The lowest BCUT2D eigenvalue weighted by Gasteiger charge is -2.33. The number of halogens is 3. The molecule has 0 spiro atoms. The molecule has 1 rings (SSSR count). The van der Waals surface area contributed by atoms with E-state index in [1.165, 1.54) is 12.1 Å². The van der Waals surface area contributed by atoms with Crippen molar-refractivity contribution in [3.63, 3.8) is 0 Å². The molecular weight excluding hydrogens is 345 g/mol. The molecule has 0 aromatic heterocycles.